The van der Waals surface area contributed by atoms with Gasteiger partial charge in [-0.1, -0.05) is 45.0 Å². The molecule has 0 aliphatic carbocycles. The van der Waals surface area contributed by atoms with Gasteiger partial charge in [-0.05, 0) is 40.6 Å². The first kappa shape index (κ1) is 28.9. The molecular weight excluding hydrogens is 532 g/mol. The van der Waals surface area contributed by atoms with Gasteiger partial charge in [0.05, 0.1) is 31.3 Å². The lowest BCUT2D eigenvalue weighted by atomic mass is 9.86. The van der Waals surface area contributed by atoms with E-state index in [-0.39, 0.29) is 17.1 Å². The maximum atomic E-state index is 13.3. The van der Waals surface area contributed by atoms with Crippen molar-refractivity contribution in [2.45, 2.75) is 26.2 Å². The molecule has 11 heteroatoms. The molecule has 1 heterocycles. The van der Waals surface area contributed by atoms with Gasteiger partial charge in [0.25, 0.3) is 5.91 Å². The van der Waals surface area contributed by atoms with Crippen molar-refractivity contribution in [3.05, 3.63) is 59.7 Å². The summed E-state index contributed by atoms with van der Waals surface area (Å²) in [5.41, 5.74) is 2.30. The Morgan fingerprint density at radius 1 is 0.850 bits per heavy atom. The van der Waals surface area contributed by atoms with Crippen LogP contribution < -0.4 is 20.7 Å². The van der Waals surface area contributed by atoms with Crippen LogP contribution in [0.3, 0.4) is 0 Å². The predicted molar refractivity (Wildman–Crippen MR) is 158 cm³/mol. The van der Waals surface area contributed by atoms with Crippen LogP contribution >= 0.6 is 0 Å². The summed E-state index contributed by atoms with van der Waals surface area (Å²) in [5.74, 6) is 1.08. The molecule has 4 amide bonds. The van der Waals surface area contributed by atoms with Gasteiger partial charge in [0, 0.05) is 46.3 Å². The number of anilines is 3. The van der Waals surface area contributed by atoms with Gasteiger partial charge < -0.3 is 25.0 Å². The van der Waals surface area contributed by atoms with Crippen molar-refractivity contribution in [3.8, 4) is 5.75 Å². The van der Waals surface area contributed by atoms with Crippen LogP contribution in [0.4, 0.5) is 26.7 Å². The standard InChI is InChI=1S/C29H34N4O6S/c1-29(2,3)18-16-23(25(38-4)24(17-18)32-28(36)39-5)31-27(35)30-22-11-10-21(19-8-6-7-9-20(19)22)26(34)33-12-14-40(37)15-13-33/h6-11,16-17H,12-15H2,1-5H3,(H,32,36)(H2,30,31,35). The zero-order chi connectivity index (χ0) is 29.0. The molecule has 3 aromatic carbocycles. The van der Waals surface area contributed by atoms with Gasteiger partial charge in [-0.2, -0.15) is 0 Å². The fourth-order valence-electron chi connectivity index (χ4n) is 4.51. The smallest absolute Gasteiger partial charge is 0.411 e. The summed E-state index contributed by atoms with van der Waals surface area (Å²) in [5, 5.41) is 9.77. The summed E-state index contributed by atoms with van der Waals surface area (Å²) in [6.07, 6.45) is -0.668. The third kappa shape index (κ3) is 6.36. The molecule has 1 fully saturated rings. The molecule has 10 nitrogen and oxygen atoms in total. The fourth-order valence-corrected chi connectivity index (χ4v) is 5.56. The Kier molecular flexibility index (Phi) is 8.63. The van der Waals surface area contributed by atoms with Crippen molar-refractivity contribution in [3.63, 3.8) is 0 Å². The molecule has 1 aliphatic rings. The lowest BCUT2D eigenvalue weighted by molar-refractivity contribution is 0.0773. The first-order chi connectivity index (χ1) is 19.0. The zero-order valence-electron chi connectivity index (χ0n) is 23.3. The highest BCUT2D eigenvalue weighted by Crippen LogP contribution is 2.39. The largest absolute Gasteiger partial charge is 0.492 e. The summed E-state index contributed by atoms with van der Waals surface area (Å²) in [4.78, 5) is 40.2. The van der Waals surface area contributed by atoms with Crippen molar-refractivity contribution in [1.29, 1.82) is 0 Å². The molecule has 40 heavy (non-hydrogen) atoms. The number of methoxy groups -OCH3 is 2. The minimum Gasteiger partial charge on any atom is -0.492 e. The Balaban J connectivity index is 1.63. The monoisotopic (exact) mass is 566 g/mol. The molecule has 1 saturated heterocycles. The fraction of sp³-hybridized carbons (Fsp3) is 0.345. The van der Waals surface area contributed by atoms with Gasteiger partial charge in [-0.3, -0.25) is 14.3 Å². The number of nitrogens with one attached hydrogen (secondary N) is 3. The van der Waals surface area contributed by atoms with E-state index in [9.17, 15) is 18.6 Å². The second-order valence-corrected chi connectivity index (χ2v) is 12.1. The van der Waals surface area contributed by atoms with Crippen LogP contribution in [-0.4, -0.2) is 66.0 Å². The molecule has 0 bridgehead atoms. The lowest BCUT2D eigenvalue weighted by Gasteiger charge is -2.27. The average molecular weight is 567 g/mol. The predicted octanol–water partition coefficient (Wildman–Crippen LogP) is 5.17. The van der Waals surface area contributed by atoms with E-state index in [2.05, 4.69) is 16.0 Å². The van der Waals surface area contributed by atoms with E-state index in [1.54, 1.807) is 29.2 Å². The van der Waals surface area contributed by atoms with Gasteiger partial charge in [0.1, 0.15) is 0 Å². The summed E-state index contributed by atoms with van der Waals surface area (Å²) >= 11 is 0. The van der Waals surface area contributed by atoms with Crippen LogP contribution in [0, 0.1) is 0 Å². The minimum absolute atomic E-state index is 0.127. The van der Waals surface area contributed by atoms with Crippen LogP contribution in [0.15, 0.2) is 48.5 Å². The zero-order valence-corrected chi connectivity index (χ0v) is 24.1. The van der Waals surface area contributed by atoms with Crippen molar-refractivity contribution >= 4 is 56.7 Å². The van der Waals surface area contributed by atoms with E-state index in [4.69, 9.17) is 9.47 Å². The molecule has 0 radical (unpaired) electrons. The molecule has 0 saturated carbocycles. The normalized spacial score (nSPS) is 14.0. The number of hydrogen-bond acceptors (Lipinski definition) is 6. The van der Waals surface area contributed by atoms with Crippen molar-refractivity contribution in [1.82, 2.24) is 4.90 Å². The third-order valence-electron chi connectivity index (χ3n) is 6.70. The molecule has 0 unspecified atom stereocenters. The maximum absolute atomic E-state index is 13.3. The molecule has 0 spiro atoms. The van der Waals surface area contributed by atoms with Crippen LogP contribution in [-0.2, 0) is 21.0 Å². The van der Waals surface area contributed by atoms with E-state index in [1.807, 2.05) is 45.0 Å². The van der Waals surface area contributed by atoms with Gasteiger partial charge in [-0.25, -0.2) is 9.59 Å². The third-order valence-corrected chi connectivity index (χ3v) is 7.97. The minimum atomic E-state index is -0.887. The lowest BCUT2D eigenvalue weighted by Crippen LogP contribution is -2.41. The van der Waals surface area contributed by atoms with Crippen LogP contribution in [0.2, 0.25) is 0 Å². The highest BCUT2D eigenvalue weighted by molar-refractivity contribution is 7.85. The Labute approximate surface area is 235 Å². The number of benzene rings is 3. The number of ether oxygens (including phenoxy) is 2. The van der Waals surface area contributed by atoms with Crippen LogP contribution in [0.25, 0.3) is 10.8 Å². The first-order valence-electron chi connectivity index (χ1n) is 12.8. The van der Waals surface area contributed by atoms with E-state index >= 15 is 0 Å². The molecule has 1 aliphatic heterocycles. The number of rotatable bonds is 5. The van der Waals surface area contributed by atoms with Crippen molar-refractivity contribution < 1.29 is 28.1 Å². The van der Waals surface area contributed by atoms with Crippen molar-refractivity contribution in [2.75, 3.05) is 54.8 Å². The SMILES string of the molecule is COC(=O)Nc1cc(C(C)(C)C)cc(NC(=O)Nc2ccc(C(=O)N3CCS(=O)CC3)c3ccccc23)c1OC. The Hall–Kier alpha value is -4.12. The summed E-state index contributed by atoms with van der Waals surface area (Å²) < 4.78 is 22.0. The average Bonchev–Trinajstić information content (AvgIpc) is 2.92. The second-order valence-electron chi connectivity index (χ2n) is 10.4. The van der Waals surface area contributed by atoms with E-state index in [0.717, 1.165) is 5.56 Å². The highest BCUT2D eigenvalue weighted by Gasteiger charge is 2.24. The van der Waals surface area contributed by atoms with Crippen LogP contribution in [0.5, 0.6) is 5.75 Å². The van der Waals surface area contributed by atoms with E-state index in [1.165, 1.54) is 14.2 Å². The number of nitrogens with zero attached hydrogens (tertiary/aromatic N) is 1. The second kappa shape index (κ2) is 12.0. The summed E-state index contributed by atoms with van der Waals surface area (Å²) in [6.45, 7) is 6.94. The molecule has 3 aromatic rings. The molecule has 0 atom stereocenters. The Bertz CT molecular complexity index is 1470. The van der Waals surface area contributed by atoms with Crippen LogP contribution in [0.1, 0.15) is 36.7 Å². The van der Waals surface area contributed by atoms with Gasteiger partial charge in [0.15, 0.2) is 5.75 Å². The van der Waals surface area contributed by atoms with Gasteiger partial charge >= 0.3 is 12.1 Å². The highest BCUT2D eigenvalue weighted by atomic mass is 32.2. The Morgan fingerprint density at radius 2 is 1.45 bits per heavy atom. The molecular formula is C29H34N4O6S. The first-order valence-corrected chi connectivity index (χ1v) is 14.3. The number of urea groups is 1. The molecule has 212 valence electrons. The van der Waals surface area contributed by atoms with Gasteiger partial charge in [0.2, 0.25) is 0 Å². The summed E-state index contributed by atoms with van der Waals surface area (Å²) in [7, 11) is 1.82. The molecule has 3 N–H and O–H groups in total. The molecule has 4 rings (SSSR count). The number of carbonyl (C=O) groups excluding carboxylic acids is 3. The Morgan fingerprint density at radius 3 is 2.05 bits per heavy atom. The number of hydrogen-bond donors (Lipinski definition) is 3. The summed E-state index contributed by atoms with van der Waals surface area (Å²) in [6, 6.07) is 13.8. The topological polar surface area (TPSA) is 126 Å². The number of amides is 4. The quantitative estimate of drug-likeness (QED) is 0.391. The molecule has 0 aromatic heterocycles. The number of fused-ring (bicyclic) bond motifs is 1. The van der Waals surface area contributed by atoms with E-state index in [0.29, 0.717) is 58.0 Å². The van der Waals surface area contributed by atoms with Gasteiger partial charge in [-0.15, -0.1) is 0 Å². The van der Waals surface area contributed by atoms with Crippen molar-refractivity contribution in [2.24, 2.45) is 0 Å². The number of carbonyl (C=O) groups is 3. The maximum Gasteiger partial charge on any atom is 0.411 e. The van der Waals surface area contributed by atoms with E-state index < -0.39 is 22.9 Å².